The highest BCUT2D eigenvalue weighted by molar-refractivity contribution is 7.91. The molecule has 0 fully saturated rings. The number of rotatable bonds is 3. The second-order valence-corrected chi connectivity index (χ2v) is 5.83. The Morgan fingerprint density at radius 2 is 1.65 bits per heavy atom. The molecule has 1 aromatic carbocycles. The van der Waals surface area contributed by atoms with Crippen LogP contribution >= 0.6 is 0 Å². The lowest BCUT2D eigenvalue weighted by molar-refractivity contribution is -0.192. The van der Waals surface area contributed by atoms with E-state index in [1.807, 2.05) is 0 Å². The van der Waals surface area contributed by atoms with Gasteiger partial charge in [0.2, 0.25) is 0 Å². The normalized spacial score (nSPS) is 11.4. The summed E-state index contributed by atoms with van der Waals surface area (Å²) < 4.78 is 54.5. The van der Waals surface area contributed by atoms with Gasteiger partial charge in [-0.2, -0.15) is 13.2 Å². The lowest BCUT2D eigenvalue weighted by atomic mass is 10.2. The van der Waals surface area contributed by atoms with Crippen molar-refractivity contribution in [2.75, 3.05) is 5.75 Å². The summed E-state index contributed by atoms with van der Waals surface area (Å²) in [5, 5.41) is 7.12. The van der Waals surface area contributed by atoms with Crippen LogP contribution in [0.3, 0.4) is 0 Å². The lowest BCUT2D eigenvalue weighted by Crippen LogP contribution is -2.21. The molecule has 0 saturated heterocycles. The summed E-state index contributed by atoms with van der Waals surface area (Å²) >= 11 is 0. The first-order valence-electron chi connectivity index (χ1n) is 5.36. The van der Waals surface area contributed by atoms with Crippen LogP contribution in [-0.4, -0.2) is 31.4 Å². The summed E-state index contributed by atoms with van der Waals surface area (Å²) in [5.41, 5.74) is 6.33. The smallest absolute Gasteiger partial charge is 0.475 e. The zero-order valence-corrected chi connectivity index (χ0v) is 11.3. The molecule has 0 aliphatic carbocycles. The number of benzene rings is 1. The van der Waals surface area contributed by atoms with Crippen LogP contribution in [0.15, 0.2) is 29.2 Å². The molecule has 0 radical (unpaired) electrons. The minimum Gasteiger partial charge on any atom is -0.475 e. The number of aliphatic carboxylic acids is 1. The van der Waals surface area contributed by atoms with Gasteiger partial charge in [-0.3, -0.25) is 0 Å². The number of hydrogen-bond donors (Lipinski definition) is 2. The molecule has 0 aliphatic rings. The van der Waals surface area contributed by atoms with Crippen molar-refractivity contribution >= 4 is 15.8 Å². The summed E-state index contributed by atoms with van der Waals surface area (Å²) in [5.74, 6) is -2.62. The van der Waals surface area contributed by atoms with E-state index in [0.29, 0.717) is 11.4 Å². The van der Waals surface area contributed by atoms with E-state index in [1.165, 1.54) is 0 Å². The van der Waals surface area contributed by atoms with Gasteiger partial charge in [-0.25, -0.2) is 13.2 Å². The Hall–Kier alpha value is -1.61. The minimum absolute atomic E-state index is 0.134. The number of hydrogen-bond acceptors (Lipinski definition) is 4. The Bertz CT molecular complexity index is 538. The number of carbonyl (C=O) groups is 1. The van der Waals surface area contributed by atoms with E-state index in [0.717, 1.165) is 5.56 Å². The predicted molar refractivity (Wildman–Crippen MR) is 65.8 cm³/mol. The van der Waals surface area contributed by atoms with E-state index in [-0.39, 0.29) is 5.75 Å². The van der Waals surface area contributed by atoms with Crippen LogP contribution in [0, 0.1) is 0 Å². The number of halogens is 3. The molecule has 0 spiro atoms. The molecule has 0 amide bonds. The van der Waals surface area contributed by atoms with Gasteiger partial charge in [0.05, 0.1) is 10.6 Å². The van der Waals surface area contributed by atoms with E-state index < -0.39 is 22.0 Å². The molecular formula is C11H14F3NO4S. The third kappa shape index (κ3) is 6.02. The second-order valence-electron chi connectivity index (χ2n) is 3.55. The van der Waals surface area contributed by atoms with E-state index in [1.54, 1.807) is 31.2 Å². The second kappa shape index (κ2) is 7.25. The summed E-state index contributed by atoms with van der Waals surface area (Å²) in [6.07, 6.45) is -5.08. The number of alkyl halides is 3. The quantitative estimate of drug-likeness (QED) is 0.883. The Morgan fingerprint density at radius 3 is 1.90 bits per heavy atom. The van der Waals surface area contributed by atoms with Crippen LogP contribution in [0.5, 0.6) is 0 Å². The maximum atomic E-state index is 11.4. The van der Waals surface area contributed by atoms with Gasteiger partial charge >= 0.3 is 12.1 Å². The van der Waals surface area contributed by atoms with Crippen LogP contribution in [0.4, 0.5) is 13.2 Å². The minimum atomic E-state index is -5.08. The first-order chi connectivity index (χ1) is 9.04. The van der Waals surface area contributed by atoms with E-state index >= 15 is 0 Å². The van der Waals surface area contributed by atoms with Gasteiger partial charge in [-0.05, 0) is 17.7 Å². The molecule has 0 aromatic heterocycles. The number of sulfone groups is 1. The summed E-state index contributed by atoms with van der Waals surface area (Å²) in [4.78, 5) is 9.26. The van der Waals surface area contributed by atoms with Crippen molar-refractivity contribution in [3.63, 3.8) is 0 Å². The van der Waals surface area contributed by atoms with Gasteiger partial charge in [-0.15, -0.1) is 0 Å². The fourth-order valence-electron chi connectivity index (χ4n) is 1.000. The maximum Gasteiger partial charge on any atom is 0.490 e. The summed E-state index contributed by atoms with van der Waals surface area (Å²) in [7, 11) is -3.06. The van der Waals surface area contributed by atoms with Gasteiger partial charge in [-0.1, -0.05) is 19.1 Å². The molecule has 20 heavy (non-hydrogen) atoms. The molecule has 1 aromatic rings. The molecular weight excluding hydrogens is 299 g/mol. The first-order valence-corrected chi connectivity index (χ1v) is 7.01. The lowest BCUT2D eigenvalue weighted by Gasteiger charge is -2.01. The van der Waals surface area contributed by atoms with Crippen molar-refractivity contribution in [3.05, 3.63) is 29.8 Å². The van der Waals surface area contributed by atoms with Gasteiger partial charge in [0.25, 0.3) is 0 Å². The van der Waals surface area contributed by atoms with Gasteiger partial charge in [0.1, 0.15) is 0 Å². The van der Waals surface area contributed by atoms with Gasteiger partial charge < -0.3 is 10.8 Å². The van der Waals surface area contributed by atoms with Crippen molar-refractivity contribution in [1.82, 2.24) is 0 Å². The average Bonchev–Trinajstić information content (AvgIpc) is 2.38. The molecule has 0 aliphatic heterocycles. The van der Waals surface area contributed by atoms with Gasteiger partial charge in [0.15, 0.2) is 9.84 Å². The number of nitrogens with two attached hydrogens (primary N) is 1. The van der Waals surface area contributed by atoms with Crippen molar-refractivity contribution in [1.29, 1.82) is 0 Å². The molecule has 0 atom stereocenters. The van der Waals surface area contributed by atoms with E-state index in [4.69, 9.17) is 15.6 Å². The largest absolute Gasteiger partial charge is 0.490 e. The predicted octanol–water partition coefficient (Wildman–Crippen LogP) is 1.57. The summed E-state index contributed by atoms with van der Waals surface area (Å²) in [6.45, 7) is 2.07. The van der Waals surface area contributed by atoms with E-state index in [2.05, 4.69) is 0 Å². The Labute approximate surface area is 114 Å². The zero-order valence-electron chi connectivity index (χ0n) is 10.5. The highest BCUT2D eigenvalue weighted by Gasteiger charge is 2.38. The fraction of sp³-hybridized carbons (Fsp3) is 0.364. The van der Waals surface area contributed by atoms with Crippen molar-refractivity contribution < 1.29 is 31.5 Å². The maximum absolute atomic E-state index is 11.4. The highest BCUT2D eigenvalue weighted by Crippen LogP contribution is 2.13. The first kappa shape index (κ1) is 18.4. The molecule has 0 heterocycles. The standard InChI is InChI=1S/C9H13NO2S.C2HF3O2/c1-2-13(11,12)9-5-3-8(7-10)4-6-9;3-2(4,5)1(6)7/h3-6H,2,7,10H2,1H3;(H,6,7). The van der Waals surface area contributed by atoms with Gasteiger partial charge in [0, 0.05) is 6.54 Å². The summed E-state index contributed by atoms with van der Waals surface area (Å²) in [6, 6.07) is 6.67. The molecule has 9 heteroatoms. The average molecular weight is 313 g/mol. The highest BCUT2D eigenvalue weighted by atomic mass is 32.2. The molecule has 5 nitrogen and oxygen atoms in total. The Kier molecular flexibility index (Phi) is 6.66. The van der Waals surface area contributed by atoms with Crippen LogP contribution in [0.25, 0.3) is 0 Å². The van der Waals surface area contributed by atoms with Crippen molar-refractivity contribution in [2.45, 2.75) is 24.5 Å². The third-order valence-electron chi connectivity index (χ3n) is 2.14. The third-order valence-corrected chi connectivity index (χ3v) is 3.89. The fourth-order valence-corrected chi connectivity index (χ4v) is 1.88. The molecule has 0 bridgehead atoms. The van der Waals surface area contributed by atoms with Crippen LogP contribution in [0.1, 0.15) is 12.5 Å². The molecule has 3 N–H and O–H groups in total. The number of carboxylic acids is 1. The SMILES string of the molecule is CCS(=O)(=O)c1ccc(CN)cc1.O=C(O)C(F)(F)F. The van der Waals surface area contributed by atoms with E-state index in [9.17, 15) is 21.6 Å². The number of carboxylic acid groups (broad SMARTS) is 1. The van der Waals surface area contributed by atoms with Crippen molar-refractivity contribution in [2.24, 2.45) is 5.73 Å². The molecule has 0 unspecified atom stereocenters. The van der Waals surface area contributed by atoms with Crippen LogP contribution in [0.2, 0.25) is 0 Å². The zero-order chi connectivity index (χ0) is 16.0. The Balaban J connectivity index is 0.000000441. The molecule has 114 valence electrons. The van der Waals surface area contributed by atoms with Crippen LogP contribution in [-0.2, 0) is 21.2 Å². The molecule has 1 rings (SSSR count). The van der Waals surface area contributed by atoms with Crippen LogP contribution < -0.4 is 5.73 Å². The Morgan fingerprint density at radius 1 is 1.25 bits per heavy atom. The topological polar surface area (TPSA) is 97.5 Å². The molecule has 0 saturated carbocycles. The van der Waals surface area contributed by atoms with Crippen molar-refractivity contribution in [3.8, 4) is 0 Å². The monoisotopic (exact) mass is 313 g/mol.